The molecular weight excluding hydrogens is 434 g/mol. The molecule has 0 fully saturated rings. The Morgan fingerprint density at radius 1 is 1.14 bits per heavy atom. The Morgan fingerprint density at radius 2 is 1.86 bits per heavy atom. The molecule has 0 unspecified atom stereocenters. The third kappa shape index (κ3) is 6.72. The van der Waals surface area contributed by atoms with Gasteiger partial charge in [0.1, 0.15) is 6.54 Å². The molecule has 2 rings (SSSR count). The molecule has 1 aromatic carbocycles. The largest absolute Gasteiger partial charge is 0.383 e. The quantitative estimate of drug-likeness (QED) is 0.541. The first-order valence-electron chi connectivity index (χ1n) is 9.74. The van der Waals surface area contributed by atoms with E-state index in [1.807, 2.05) is 62.0 Å². The molecule has 0 saturated heterocycles. The summed E-state index contributed by atoms with van der Waals surface area (Å²) in [6.45, 7) is 6.01. The van der Waals surface area contributed by atoms with E-state index in [2.05, 4.69) is 15.9 Å². The summed E-state index contributed by atoms with van der Waals surface area (Å²) in [4.78, 5) is 29.7. The maximum atomic E-state index is 13.2. The van der Waals surface area contributed by atoms with Crippen LogP contribution in [0.5, 0.6) is 0 Å². The topological polar surface area (TPSA) is 54.8 Å². The average Bonchev–Trinajstić information content (AvgIpc) is 3.08. The van der Waals surface area contributed by atoms with Gasteiger partial charge in [-0.05, 0) is 46.1 Å². The van der Waals surface area contributed by atoms with E-state index in [1.165, 1.54) is 0 Å². The van der Waals surface area contributed by atoms with E-state index < -0.39 is 0 Å². The zero-order valence-electron chi connectivity index (χ0n) is 17.6. The van der Waals surface area contributed by atoms with Crippen molar-refractivity contribution in [1.82, 2.24) is 14.4 Å². The summed E-state index contributed by atoms with van der Waals surface area (Å²) >= 11 is 3.45. The van der Waals surface area contributed by atoms with Gasteiger partial charge in [0.25, 0.3) is 5.91 Å². The Kier molecular flexibility index (Phi) is 8.92. The summed E-state index contributed by atoms with van der Waals surface area (Å²) < 4.78 is 7.91. The van der Waals surface area contributed by atoms with Crippen molar-refractivity contribution in [3.63, 3.8) is 0 Å². The van der Waals surface area contributed by atoms with Crippen LogP contribution in [-0.4, -0.2) is 59.5 Å². The van der Waals surface area contributed by atoms with Crippen LogP contribution in [0.3, 0.4) is 0 Å². The highest BCUT2D eigenvalue weighted by Crippen LogP contribution is 2.19. The number of ether oxygens (including phenoxy) is 1. The minimum Gasteiger partial charge on any atom is -0.383 e. The Bertz CT molecular complexity index is 819. The minimum atomic E-state index is -0.148. The number of rotatable bonds is 10. The minimum absolute atomic E-state index is 0.0342. The average molecular weight is 464 g/mol. The van der Waals surface area contributed by atoms with Crippen LogP contribution in [0.4, 0.5) is 0 Å². The molecule has 2 amide bonds. The maximum Gasteiger partial charge on any atom is 0.255 e. The Labute approximate surface area is 181 Å². The molecule has 0 saturated carbocycles. The van der Waals surface area contributed by atoms with Crippen molar-refractivity contribution < 1.29 is 14.3 Å². The summed E-state index contributed by atoms with van der Waals surface area (Å²) in [6.07, 6.45) is 1.95. The van der Waals surface area contributed by atoms with Gasteiger partial charge < -0.3 is 19.1 Å². The molecule has 158 valence electrons. The maximum absolute atomic E-state index is 13.2. The van der Waals surface area contributed by atoms with Crippen LogP contribution in [0.25, 0.3) is 0 Å². The number of aromatic nitrogens is 1. The second-order valence-corrected chi connectivity index (χ2v) is 8.33. The number of methoxy groups -OCH3 is 1. The molecular formula is C22H30BrN3O3. The molecule has 0 aliphatic carbocycles. The van der Waals surface area contributed by atoms with Crippen LogP contribution >= 0.6 is 15.9 Å². The third-order valence-corrected chi connectivity index (χ3v) is 5.32. The zero-order valence-corrected chi connectivity index (χ0v) is 19.2. The number of halogens is 1. The second-order valence-electron chi connectivity index (χ2n) is 7.48. The van der Waals surface area contributed by atoms with Gasteiger partial charge in [0, 0.05) is 43.6 Å². The molecule has 1 aromatic heterocycles. The van der Waals surface area contributed by atoms with Crippen LogP contribution in [0.15, 0.2) is 47.1 Å². The monoisotopic (exact) mass is 463 g/mol. The fourth-order valence-electron chi connectivity index (χ4n) is 3.08. The number of amides is 2. The SMILES string of the molecule is COCCN(Cc1cccn1C)C(=O)CN(CC(C)C)C(=O)c1ccccc1Br. The lowest BCUT2D eigenvalue weighted by atomic mass is 10.1. The number of nitrogens with zero attached hydrogens (tertiary/aromatic N) is 3. The summed E-state index contributed by atoms with van der Waals surface area (Å²) in [7, 11) is 3.57. The molecule has 0 radical (unpaired) electrons. The number of benzene rings is 1. The molecule has 2 aromatic rings. The first-order chi connectivity index (χ1) is 13.8. The van der Waals surface area contributed by atoms with Crippen LogP contribution in [0, 0.1) is 5.92 Å². The summed E-state index contributed by atoms with van der Waals surface area (Å²) in [5.74, 6) is 0.00363. The first kappa shape index (κ1) is 23.2. The third-order valence-electron chi connectivity index (χ3n) is 4.63. The second kappa shape index (κ2) is 11.2. The van der Waals surface area contributed by atoms with Gasteiger partial charge in [-0.3, -0.25) is 9.59 Å². The van der Waals surface area contributed by atoms with Crippen LogP contribution < -0.4 is 0 Å². The lowest BCUT2D eigenvalue weighted by molar-refractivity contribution is -0.133. The molecule has 0 N–H and O–H groups in total. The van der Waals surface area contributed by atoms with Crippen molar-refractivity contribution in [2.24, 2.45) is 13.0 Å². The van der Waals surface area contributed by atoms with E-state index in [4.69, 9.17) is 4.74 Å². The number of carbonyl (C=O) groups excluding carboxylic acids is 2. The standard InChI is InChI=1S/C22H30BrN3O3/c1-17(2)14-26(22(28)19-9-5-6-10-20(19)23)16-21(27)25(12-13-29-4)15-18-8-7-11-24(18)3/h5-11,17H,12-16H2,1-4H3. The van der Waals surface area contributed by atoms with E-state index in [0.29, 0.717) is 31.8 Å². The predicted octanol–water partition coefficient (Wildman–Crippen LogP) is 3.56. The molecule has 0 aliphatic rings. The predicted molar refractivity (Wildman–Crippen MR) is 118 cm³/mol. The van der Waals surface area contributed by atoms with Gasteiger partial charge in [0.15, 0.2) is 0 Å². The molecule has 0 bridgehead atoms. The lowest BCUT2D eigenvalue weighted by Crippen LogP contribution is -2.45. The van der Waals surface area contributed by atoms with Crippen molar-refractivity contribution in [2.75, 3.05) is 33.4 Å². The lowest BCUT2D eigenvalue weighted by Gasteiger charge is -2.29. The van der Waals surface area contributed by atoms with E-state index in [9.17, 15) is 9.59 Å². The van der Waals surface area contributed by atoms with Gasteiger partial charge in [0.2, 0.25) is 5.91 Å². The van der Waals surface area contributed by atoms with Crippen LogP contribution in [0.1, 0.15) is 29.9 Å². The Morgan fingerprint density at radius 3 is 2.45 bits per heavy atom. The normalized spacial score (nSPS) is 11.0. The number of hydrogen-bond acceptors (Lipinski definition) is 3. The number of aryl methyl sites for hydroxylation is 1. The highest BCUT2D eigenvalue weighted by Gasteiger charge is 2.24. The van der Waals surface area contributed by atoms with E-state index >= 15 is 0 Å². The molecule has 29 heavy (non-hydrogen) atoms. The summed E-state index contributed by atoms with van der Waals surface area (Å²) in [5, 5.41) is 0. The van der Waals surface area contributed by atoms with Gasteiger partial charge in [-0.2, -0.15) is 0 Å². The highest BCUT2D eigenvalue weighted by molar-refractivity contribution is 9.10. The van der Waals surface area contributed by atoms with Gasteiger partial charge in [-0.1, -0.05) is 26.0 Å². The summed E-state index contributed by atoms with van der Waals surface area (Å²) in [6, 6.07) is 11.2. The molecule has 1 heterocycles. The van der Waals surface area contributed by atoms with E-state index in [-0.39, 0.29) is 24.3 Å². The Hall–Kier alpha value is -2.12. The van der Waals surface area contributed by atoms with Gasteiger partial charge in [-0.15, -0.1) is 0 Å². The Balaban J connectivity index is 2.19. The number of carbonyl (C=O) groups is 2. The smallest absolute Gasteiger partial charge is 0.255 e. The van der Waals surface area contributed by atoms with E-state index in [1.54, 1.807) is 23.0 Å². The van der Waals surface area contributed by atoms with Crippen molar-refractivity contribution >= 4 is 27.7 Å². The van der Waals surface area contributed by atoms with Crippen molar-refractivity contribution in [1.29, 1.82) is 0 Å². The summed E-state index contributed by atoms with van der Waals surface area (Å²) in [5.41, 5.74) is 1.59. The highest BCUT2D eigenvalue weighted by atomic mass is 79.9. The molecule has 6 nitrogen and oxygen atoms in total. The van der Waals surface area contributed by atoms with Gasteiger partial charge in [-0.25, -0.2) is 0 Å². The van der Waals surface area contributed by atoms with Crippen LogP contribution in [0.2, 0.25) is 0 Å². The van der Waals surface area contributed by atoms with Crippen LogP contribution in [-0.2, 0) is 23.1 Å². The van der Waals surface area contributed by atoms with Gasteiger partial charge >= 0.3 is 0 Å². The molecule has 0 aliphatic heterocycles. The molecule has 0 spiro atoms. The van der Waals surface area contributed by atoms with E-state index in [0.717, 1.165) is 10.2 Å². The van der Waals surface area contributed by atoms with Crippen molar-refractivity contribution in [3.8, 4) is 0 Å². The van der Waals surface area contributed by atoms with Gasteiger partial charge in [0.05, 0.1) is 18.7 Å². The van der Waals surface area contributed by atoms with Crippen molar-refractivity contribution in [3.05, 3.63) is 58.3 Å². The molecule has 7 heteroatoms. The number of hydrogen-bond donors (Lipinski definition) is 0. The fourth-order valence-corrected chi connectivity index (χ4v) is 3.53. The first-order valence-corrected chi connectivity index (χ1v) is 10.5. The zero-order chi connectivity index (χ0) is 21.4. The fraction of sp³-hybridized carbons (Fsp3) is 0.455. The van der Waals surface area contributed by atoms with Crippen molar-refractivity contribution in [2.45, 2.75) is 20.4 Å². The molecule has 0 atom stereocenters.